The molecule has 1 saturated heterocycles. The van der Waals surface area contributed by atoms with E-state index in [2.05, 4.69) is 18.7 Å². The van der Waals surface area contributed by atoms with Crippen LogP contribution in [0.5, 0.6) is 0 Å². The van der Waals surface area contributed by atoms with E-state index in [1.165, 1.54) is 18.7 Å². The lowest BCUT2D eigenvalue weighted by Crippen LogP contribution is -2.48. The summed E-state index contributed by atoms with van der Waals surface area (Å²) in [6, 6.07) is 14.6. The summed E-state index contributed by atoms with van der Waals surface area (Å²) >= 11 is 13.9. The summed E-state index contributed by atoms with van der Waals surface area (Å²) in [6.07, 6.45) is 1.37. The number of carbonyl (C=O) groups excluding carboxylic acids is 3. The molecule has 0 spiro atoms. The minimum atomic E-state index is -0.534. The minimum Gasteiger partial charge on any atom is -0.344 e. The van der Waals surface area contributed by atoms with Crippen molar-refractivity contribution in [1.82, 2.24) is 19.6 Å². The highest BCUT2D eigenvalue weighted by molar-refractivity contribution is 8.18. The van der Waals surface area contributed by atoms with Gasteiger partial charge in [0.1, 0.15) is 17.0 Å². The molecule has 228 valence electrons. The topological polar surface area (TPSA) is 76.5 Å². The molecule has 0 unspecified atom stereocenters. The lowest BCUT2D eigenvalue weighted by atomic mass is 9.92. The molecule has 2 aromatic rings. The van der Waals surface area contributed by atoms with Crippen LogP contribution < -0.4 is 0 Å². The SMILES string of the molecule is CC(=O)N(C)CCN(C)C(=O)[C@@H]1CCCN1C(=O)C1=C(C(C)C)N2C(=N[C@@H](c3ccc(Cl)cc3)[C@H]2c2ccc(Cl)cc2)S1. The second kappa shape index (κ2) is 12.9. The molecule has 2 aromatic carbocycles. The zero-order valence-electron chi connectivity index (χ0n) is 25.1. The van der Waals surface area contributed by atoms with Crippen molar-refractivity contribution in [2.45, 2.75) is 51.7 Å². The van der Waals surface area contributed by atoms with E-state index < -0.39 is 6.04 Å². The molecule has 3 amide bonds. The number of fused-ring (bicyclic) bond motifs is 1. The van der Waals surface area contributed by atoms with E-state index in [1.54, 1.807) is 28.8 Å². The summed E-state index contributed by atoms with van der Waals surface area (Å²) < 4.78 is 0. The molecular weight excluding hydrogens is 605 g/mol. The van der Waals surface area contributed by atoms with Gasteiger partial charge in [-0.15, -0.1) is 0 Å². The Morgan fingerprint density at radius 2 is 1.53 bits per heavy atom. The summed E-state index contributed by atoms with van der Waals surface area (Å²) in [6.45, 7) is 7.04. The van der Waals surface area contributed by atoms with Crippen molar-refractivity contribution in [3.8, 4) is 0 Å². The largest absolute Gasteiger partial charge is 0.344 e. The standard InChI is InChI=1S/C32H37Cl2N5O3S/c1-19(2)27-29(31(42)38-16-6-7-25(38)30(41)37(5)18-17-36(4)20(3)40)43-32-35-26(21-8-12-23(33)13-9-21)28(39(27)32)22-10-14-24(34)15-11-22/h8-15,19,25-26,28H,6-7,16-18H2,1-5H3/t25-,26-,28+/m0/s1. The molecule has 0 aromatic heterocycles. The maximum atomic E-state index is 14.3. The maximum Gasteiger partial charge on any atom is 0.263 e. The third kappa shape index (κ3) is 6.30. The highest BCUT2D eigenvalue weighted by Gasteiger charge is 2.49. The highest BCUT2D eigenvalue weighted by atomic mass is 35.5. The van der Waals surface area contributed by atoms with E-state index in [0.29, 0.717) is 41.0 Å². The first-order chi connectivity index (χ1) is 20.5. The van der Waals surface area contributed by atoms with Crippen LogP contribution >= 0.6 is 35.0 Å². The third-order valence-corrected chi connectivity index (χ3v) is 9.94. The monoisotopic (exact) mass is 641 g/mol. The number of amidine groups is 1. The number of benzene rings is 2. The Morgan fingerprint density at radius 1 is 0.953 bits per heavy atom. The van der Waals surface area contributed by atoms with Gasteiger partial charge in [0.05, 0.1) is 6.04 Å². The van der Waals surface area contributed by atoms with Crippen molar-refractivity contribution in [1.29, 1.82) is 0 Å². The van der Waals surface area contributed by atoms with Crippen molar-refractivity contribution in [2.75, 3.05) is 33.7 Å². The molecule has 3 atom stereocenters. The number of allylic oxidation sites excluding steroid dienone is 1. The molecular formula is C32H37Cl2N5O3S. The molecule has 0 saturated carbocycles. The van der Waals surface area contributed by atoms with Gasteiger partial charge in [0.25, 0.3) is 5.91 Å². The number of rotatable bonds is 8. The van der Waals surface area contributed by atoms with E-state index in [9.17, 15) is 14.4 Å². The highest BCUT2D eigenvalue weighted by Crippen LogP contribution is 2.53. The Bertz CT molecular complexity index is 1460. The first kappa shape index (κ1) is 31.4. The summed E-state index contributed by atoms with van der Waals surface area (Å²) in [5, 5.41) is 2.09. The van der Waals surface area contributed by atoms with Crippen molar-refractivity contribution >= 4 is 57.9 Å². The van der Waals surface area contributed by atoms with Gasteiger partial charge in [0, 0.05) is 56.4 Å². The van der Waals surface area contributed by atoms with Crippen LogP contribution in [0, 0.1) is 5.92 Å². The first-order valence-electron chi connectivity index (χ1n) is 14.6. The molecule has 43 heavy (non-hydrogen) atoms. The van der Waals surface area contributed by atoms with Crippen molar-refractivity contribution < 1.29 is 14.4 Å². The summed E-state index contributed by atoms with van der Waals surface area (Å²) in [5.41, 5.74) is 2.99. The fourth-order valence-corrected chi connectivity index (χ4v) is 7.47. The molecule has 1 fully saturated rings. The number of likely N-dealkylation sites (N-methyl/N-ethyl adjacent to an activating group) is 2. The van der Waals surface area contributed by atoms with Gasteiger partial charge in [-0.25, -0.2) is 0 Å². The second-order valence-electron chi connectivity index (χ2n) is 11.6. The molecule has 5 rings (SSSR count). The molecule has 11 heteroatoms. The van der Waals surface area contributed by atoms with Gasteiger partial charge in [0.15, 0.2) is 5.17 Å². The maximum absolute atomic E-state index is 14.3. The Balaban J connectivity index is 1.45. The van der Waals surface area contributed by atoms with Crippen LogP contribution in [-0.2, 0) is 14.4 Å². The zero-order chi connectivity index (χ0) is 31.0. The van der Waals surface area contributed by atoms with Gasteiger partial charge in [-0.2, -0.15) is 0 Å². The average molecular weight is 643 g/mol. The van der Waals surface area contributed by atoms with E-state index in [1.807, 2.05) is 48.5 Å². The fraction of sp³-hybridized carbons (Fsp3) is 0.438. The van der Waals surface area contributed by atoms with Crippen molar-refractivity contribution in [3.05, 3.63) is 80.3 Å². The van der Waals surface area contributed by atoms with Gasteiger partial charge >= 0.3 is 0 Å². The van der Waals surface area contributed by atoms with Gasteiger partial charge in [-0.3, -0.25) is 19.4 Å². The predicted octanol–water partition coefficient (Wildman–Crippen LogP) is 5.99. The second-order valence-corrected chi connectivity index (χ2v) is 13.5. The molecule has 8 nitrogen and oxygen atoms in total. The molecule has 3 heterocycles. The Kier molecular flexibility index (Phi) is 9.44. The average Bonchev–Trinajstić information content (AvgIpc) is 3.70. The minimum absolute atomic E-state index is 0.0273. The van der Waals surface area contributed by atoms with E-state index in [4.69, 9.17) is 28.2 Å². The Labute approximate surface area is 267 Å². The van der Waals surface area contributed by atoms with E-state index >= 15 is 0 Å². The molecule has 0 radical (unpaired) electrons. The smallest absolute Gasteiger partial charge is 0.263 e. The number of likely N-dealkylation sites (tertiary alicyclic amines) is 1. The lowest BCUT2D eigenvalue weighted by Gasteiger charge is -2.32. The molecule has 0 aliphatic carbocycles. The third-order valence-electron chi connectivity index (χ3n) is 8.37. The van der Waals surface area contributed by atoms with Gasteiger partial charge in [-0.1, -0.05) is 61.3 Å². The normalized spacial score (nSPS) is 21.4. The zero-order valence-corrected chi connectivity index (χ0v) is 27.4. The van der Waals surface area contributed by atoms with E-state index in [-0.39, 0.29) is 35.7 Å². The molecule has 0 bridgehead atoms. The Hall–Kier alpha value is -3.01. The van der Waals surface area contributed by atoms with Crippen LogP contribution in [0.1, 0.15) is 56.8 Å². The summed E-state index contributed by atoms with van der Waals surface area (Å²) in [7, 11) is 3.45. The van der Waals surface area contributed by atoms with Gasteiger partial charge < -0.3 is 19.6 Å². The van der Waals surface area contributed by atoms with E-state index in [0.717, 1.165) is 28.4 Å². The number of thioether (sulfide) groups is 1. The number of amides is 3. The van der Waals surface area contributed by atoms with Crippen LogP contribution in [-0.4, -0.2) is 82.3 Å². The number of halogens is 2. The number of carbonyl (C=O) groups is 3. The van der Waals surface area contributed by atoms with Gasteiger partial charge in [0.2, 0.25) is 11.8 Å². The number of hydrogen-bond donors (Lipinski definition) is 0. The summed E-state index contributed by atoms with van der Waals surface area (Å²) in [5.74, 6) is -0.256. The van der Waals surface area contributed by atoms with Crippen molar-refractivity contribution in [2.24, 2.45) is 10.9 Å². The van der Waals surface area contributed by atoms with Crippen LogP contribution in [0.3, 0.4) is 0 Å². The molecule has 0 N–H and O–H groups in total. The Morgan fingerprint density at radius 3 is 2.12 bits per heavy atom. The van der Waals surface area contributed by atoms with Crippen LogP contribution in [0.2, 0.25) is 10.0 Å². The quantitative estimate of drug-likeness (QED) is 0.354. The number of aliphatic imine (C=N–C) groups is 1. The molecule has 3 aliphatic heterocycles. The van der Waals surface area contributed by atoms with Crippen LogP contribution in [0.4, 0.5) is 0 Å². The lowest BCUT2D eigenvalue weighted by molar-refractivity contribution is -0.141. The van der Waals surface area contributed by atoms with Gasteiger partial charge in [-0.05, 0) is 65.9 Å². The van der Waals surface area contributed by atoms with Crippen molar-refractivity contribution in [3.63, 3.8) is 0 Å². The van der Waals surface area contributed by atoms with Crippen LogP contribution in [0.15, 0.2) is 64.1 Å². The summed E-state index contributed by atoms with van der Waals surface area (Å²) in [4.78, 5) is 52.3. The fourth-order valence-electron chi connectivity index (χ4n) is 5.91. The first-order valence-corrected chi connectivity index (χ1v) is 16.1. The number of nitrogens with zero attached hydrogens (tertiary/aromatic N) is 5. The van der Waals surface area contributed by atoms with Crippen LogP contribution in [0.25, 0.3) is 0 Å². The number of hydrogen-bond acceptors (Lipinski definition) is 6. The molecule has 3 aliphatic rings. The predicted molar refractivity (Wildman–Crippen MR) is 173 cm³/mol.